The van der Waals surface area contributed by atoms with Crippen molar-refractivity contribution >= 4 is 35.9 Å². The summed E-state index contributed by atoms with van der Waals surface area (Å²) >= 11 is 4.21. The maximum Gasteiger partial charge on any atom is 0.290 e. The van der Waals surface area contributed by atoms with Gasteiger partial charge in [-0.25, -0.2) is 4.39 Å². The van der Waals surface area contributed by atoms with Gasteiger partial charge in [-0.2, -0.15) is 0 Å². The molecular formula is C19H18FNO3S. The molecule has 3 aromatic rings. The number of furan rings is 1. The quantitative estimate of drug-likeness (QED) is 0.434. The number of hydrogen-bond donors (Lipinski definition) is 3. The number of fused-ring (bicyclic) bond motifs is 1. The minimum absolute atomic E-state index is 0.241. The van der Waals surface area contributed by atoms with Gasteiger partial charge >= 0.3 is 0 Å². The molecule has 6 heteroatoms. The highest BCUT2D eigenvalue weighted by molar-refractivity contribution is 7.81. The van der Waals surface area contributed by atoms with E-state index in [1.165, 1.54) is 30.5 Å². The zero-order valence-electron chi connectivity index (χ0n) is 13.6. The van der Waals surface area contributed by atoms with Crippen molar-refractivity contribution in [1.82, 2.24) is 0 Å². The first-order valence-electron chi connectivity index (χ1n) is 7.90. The second-order valence-electron chi connectivity index (χ2n) is 5.99. The summed E-state index contributed by atoms with van der Waals surface area (Å²) in [6, 6.07) is 10.6. The predicted molar refractivity (Wildman–Crippen MR) is 99.6 cm³/mol. The highest BCUT2D eigenvalue weighted by Gasteiger charge is 2.27. The molecule has 25 heavy (non-hydrogen) atoms. The third kappa shape index (κ3) is 3.49. The van der Waals surface area contributed by atoms with Gasteiger partial charge in [0.15, 0.2) is 0 Å². The lowest BCUT2D eigenvalue weighted by atomic mass is 10.0. The van der Waals surface area contributed by atoms with Crippen LogP contribution in [0.3, 0.4) is 0 Å². The first kappa shape index (κ1) is 17.4. The lowest BCUT2D eigenvalue weighted by Gasteiger charge is -2.07. The number of rotatable bonds is 3. The van der Waals surface area contributed by atoms with Crippen molar-refractivity contribution in [3.8, 4) is 11.3 Å². The van der Waals surface area contributed by atoms with E-state index in [0.29, 0.717) is 5.92 Å². The van der Waals surface area contributed by atoms with E-state index in [2.05, 4.69) is 30.5 Å². The van der Waals surface area contributed by atoms with Crippen molar-refractivity contribution in [2.24, 2.45) is 0 Å². The Kier molecular flexibility index (Phi) is 4.99. The van der Waals surface area contributed by atoms with Crippen molar-refractivity contribution in [3.05, 3.63) is 53.3 Å². The molecule has 4 nitrogen and oxygen atoms in total. The smallest absolute Gasteiger partial charge is 0.290 e. The summed E-state index contributed by atoms with van der Waals surface area (Å²) in [4.78, 5) is 8.36. The molecule has 1 saturated carbocycles. The number of benzene rings is 2. The molecule has 2 N–H and O–H groups in total. The Labute approximate surface area is 150 Å². The Morgan fingerprint density at radius 2 is 1.92 bits per heavy atom. The number of halogens is 1. The van der Waals surface area contributed by atoms with Crippen molar-refractivity contribution in [2.45, 2.75) is 25.7 Å². The fourth-order valence-electron chi connectivity index (χ4n) is 2.99. The van der Waals surface area contributed by atoms with E-state index >= 15 is 0 Å². The molecule has 4 rings (SSSR count). The van der Waals surface area contributed by atoms with Crippen molar-refractivity contribution in [1.29, 1.82) is 0 Å². The molecule has 2 aromatic carbocycles. The van der Waals surface area contributed by atoms with E-state index < -0.39 is 0 Å². The molecule has 1 aliphatic rings. The monoisotopic (exact) mass is 359 g/mol. The minimum Gasteiger partial charge on any atom is -0.483 e. The van der Waals surface area contributed by atoms with E-state index in [1.807, 2.05) is 6.07 Å². The number of hydrogen-bond acceptors (Lipinski definition) is 4. The van der Waals surface area contributed by atoms with E-state index in [1.54, 1.807) is 12.1 Å². The number of carbonyl (C=O) groups is 1. The van der Waals surface area contributed by atoms with E-state index in [4.69, 9.17) is 14.3 Å². The number of thiol groups is 1. The van der Waals surface area contributed by atoms with Crippen LogP contribution in [0.5, 0.6) is 0 Å². The van der Waals surface area contributed by atoms with Crippen molar-refractivity contribution < 1.29 is 18.7 Å². The Balaban J connectivity index is 0.000000569. The molecule has 0 amide bonds. The maximum atomic E-state index is 13.1. The average Bonchev–Trinajstić information content (AvgIpc) is 3.40. The number of carboxylic acid groups (broad SMARTS) is 1. The maximum absolute atomic E-state index is 13.1. The molecule has 1 heterocycles. The number of nitrogens with one attached hydrogen (secondary N) is 1. The van der Waals surface area contributed by atoms with Crippen LogP contribution in [-0.2, 0) is 4.79 Å². The molecule has 1 aromatic heterocycles. The van der Waals surface area contributed by atoms with Crippen LogP contribution in [0.25, 0.3) is 22.3 Å². The lowest BCUT2D eigenvalue weighted by molar-refractivity contribution is -0.122. The van der Waals surface area contributed by atoms with Gasteiger partial charge in [0.2, 0.25) is 0 Å². The van der Waals surface area contributed by atoms with Gasteiger partial charge in [-0.1, -0.05) is 12.8 Å². The molecule has 1 aliphatic carbocycles. The molecule has 0 unspecified atom stereocenters. The Bertz CT molecular complexity index is 901. The summed E-state index contributed by atoms with van der Waals surface area (Å²) in [7, 11) is 0. The van der Waals surface area contributed by atoms with Gasteiger partial charge in [-0.3, -0.25) is 4.79 Å². The first-order chi connectivity index (χ1) is 12.1. The van der Waals surface area contributed by atoms with Gasteiger partial charge in [0.05, 0.1) is 5.69 Å². The fraction of sp³-hybridized carbons (Fsp3) is 0.211. The van der Waals surface area contributed by atoms with Crippen LogP contribution in [0, 0.1) is 12.7 Å². The van der Waals surface area contributed by atoms with Gasteiger partial charge in [0, 0.05) is 22.6 Å². The highest BCUT2D eigenvalue weighted by atomic mass is 32.1. The normalized spacial score (nSPS) is 13.2. The molecule has 0 saturated heterocycles. The van der Waals surface area contributed by atoms with Crippen LogP contribution < -0.4 is 4.72 Å². The van der Waals surface area contributed by atoms with Crippen molar-refractivity contribution in [3.63, 3.8) is 0 Å². The van der Waals surface area contributed by atoms with E-state index in [9.17, 15) is 4.39 Å². The predicted octanol–water partition coefficient (Wildman–Crippen LogP) is 5.38. The Morgan fingerprint density at radius 3 is 2.48 bits per heavy atom. The number of aryl methyl sites for hydroxylation is 1. The van der Waals surface area contributed by atoms with Crippen LogP contribution >= 0.6 is 12.8 Å². The molecule has 0 aliphatic heterocycles. The van der Waals surface area contributed by atoms with Gasteiger partial charge in [-0.05, 0) is 61.6 Å². The summed E-state index contributed by atoms with van der Waals surface area (Å²) in [6.45, 7) is 1.80. The number of anilines is 1. The highest BCUT2D eigenvalue weighted by Crippen LogP contribution is 2.46. The van der Waals surface area contributed by atoms with Gasteiger partial charge in [-0.15, -0.1) is 0 Å². The van der Waals surface area contributed by atoms with Gasteiger partial charge in [0.25, 0.3) is 6.47 Å². The SMILES string of the molecule is Cc1c(-c2ccc(F)cc2)oc2cc(NS)c(C3CC3)cc12.O=CO. The fourth-order valence-corrected chi connectivity index (χ4v) is 3.18. The largest absolute Gasteiger partial charge is 0.483 e. The summed E-state index contributed by atoms with van der Waals surface area (Å²) in [5.41, 5.74) is 5.13. The van der Waals surface area contributed by atoms with Gasteiger partial charge in [0.1, 0.15) is 17.2 Å². The second-order valence-corrected chi connectivity index (χ2v) is 6.21. The second kappa shape index (κ2) is 7.19. The zero-order chi connectivity index (χ0) is 18.0. The Morgan fingerprint density at radius 1 is 1.28 bits per heavy atom. The summed E-state index contributed by atoms with van der Waals surface area (Å²) < 4.78 is 22.1. The molecule has 1 fully saturated rings. The lowest BCUT2D eigenvalue weighted by Crippen LogP contribution is -1.89. The minimum atomic E-state index is -0.250. The molecule has 0 spiro atoms. The van der Waals surface area contributed by atoms with Crippen LogP contribution in [0.15, 0.2) is 40.8 Å². The summed E-state index contributed by atoms with van der Waals surface area (Å²) in [5, 5.41) is 8.01. The zero-order valence-corrected chi connectivity index (χ0v) is 14.5. The van der Waals surface area contributed by atoms with Crippen molar-refractivity contribution in [2.75, 3.05) is 4.72 Å². The summed E-state index contributed by atoms with van der Waals surface area (Å²) in [5.74, 6) is 1.19. The topological polar surface area (TPSA) is 62.5 Å². The third-order valence-corrected chi connectivity index (χ3v) is 4.59. The van der Waals surface area contributed by atoms with Gasteiger partial charge < -0.3 is 14.2 Å². The average molecular weight is 359 g/mol. The molecule has 0 atom stereocenters. The van der Waals surface area contributed by atoms with Crippen LogP contribution in [0.2, 0.25) is 0 Å². The molecule has 0 radical (unpaired) electrons. The van der Waals surface area contributed by atoms with Crippen LogP contribution in [0.4, 0.5) is 10.1 Å². The van der Waals surface area contributed by atoms with Crippen LogP contribution in [-0.4, -0.2) is 11.6 Å². The third-order valence-electron chi connectivity index (χ3n) is 4.35. The summed E-state index contributed by atoms with van der Waals surface area (Å²) in [6.07, 6.45) is 2.46. The Hall–Kier alpha value is -2.47. The standard InChI is InChI=1S/C18H16FNOS.CH2O2/c1-10-14-8-15(11-2-3-11)16(20-22)9-17(14)21-18(10)12-4-6-13(19)7-5-12;2-1-3/h4-9,11,20,22H,2-3H2,1H3;1H,(H,2,3). The molecular weight excluding hydrogens is 341 g/mol. The molecule has 0 bridgehead atoms. The molecule has 130 valence electrons. The first-order valence-corrected chi connectivity index (χ1v) is 8.34. The van der Waals surface area contributed by atoms with E-state index in [0.717, 1.165) is 33.5 Å². The van der Waals surface area contributed by atoms with E-state index in [-0.39, 0.29) is 12.3 Å². The van der Waals surface area contributed by atoms with Crippen LogP contribution in [0.1, 0.15) is 29.9 Å².